The summed E-state index contributed by atoms with van der Waals surface area (Å²) in [6.07, 6.45) is -0.779. The van der Waals surface area contributed by atoms with Gasteiger partial charge >= 0.3 is 5.97 Å². The van der Waals surface area contributed by atoms with Crippen molar-refractivity contribution in [3.05, 3.63) is 29.8 Å². The summed E-state index contributed by atoms with van der Waals surface area (Å²) >= 11 is 0. The molecule has 31 heavy (non-hydrogen) atoms. The fourth-order valence-corrected chi connectivity index (χ4v) is 2.67. The highest BCUT2D eigenvalue weighted by atomic mass is 16.4. The number of benzene rings is 1. The summed E-state index contributed by atoms with van der Waals surface area (Å²) in [4.78, 5) is 40.2. The molecule has 12 nitrogen and oxygen atoms in total. The number of carbonyl (C=O) groups is 3. The van der Waals surface area contributed by atoms with Crippen LogP contribution >= 0.6 is 0 Å². The predicted molar refractivity (Wildman–Crippen MR) is 113 cm³/mol. The summed E-state index contributed by atoms with van der Waals surface area (Å²) in [5, 5.41) is 32.8. The number of hydrogen-bond acceptors (Lipinski definition) is 7. The number of aromatic hydroxyl groups is 1. The SMILES string of the molecule is CC(O)C(NC(=O)C(CCCN=C(N)N)NC(=O)C(N)Cc1ccc(O)cc1)C(=O)O. The fraction of sp³-hybridized carbons (Fsp3) is 0.474. The van der Waals surface area contributed by atoms with Crippen molar-refractivity contribution in [1.82, 2.24) is 10.6 Å². The number of carboxylic acid groups (broad SMARTS) is 1. The van der Waals surface area contributed by atoms with E-state index in [9.17, 15) is 24.6 Å². The number of amides is 2. The number of aliphatic hydroxyl groups excluding tert-OH is 1. The van der Waals surface area contributed by atoms with Crippen LogP contribution in [0.2, 0.25) is 0 Å². The minimum absolute atomic E-state index is 0.0744. The Hall–Kier alpha value is -3.38. The van der Waals surface area contributed by atoms with Crippen molar-refractivity contribution in [2.75, 3.05) is 6.54 Å². The molecule has 0 aliphatic rings. The second kappa shape index (κ2) is 12.3. The van der Waals surface area contributed by atoms with Crippen molar-refractivity contribution in [2.24, 2.45) is 22.2 Å². The first kappa shape index (κ1) is 25.7. The number of aliphatic hydroxyl groups is 1. The number of aliphatic carboxylic acids is 1. The van der Waals surface area contributed by atoms with E-state index < -0.39 is 42.0 Å². The van der Waals surface area contributed by atoms with Crippen molar-refractivity contribution in [2.45, 2.75) is 50.4 Å². The summed E-state index contributed by atoms with van der Waals surface area (Å²) in [6, 6.07) is 2.49. The number of carbonyl (C=O) groups excluding carboxylic acids is 2. The largest absolute Gasteiger partial charge is 0.508 e. The van der Waals surface area contributed by atoms with Crippen molar-refractivity contribution < 1.29 is 29.7 Å². The Labute approximate surface area is 179 Å². The molecular formula is C19H30N6O6. The summed E-state index contributed by atoms with van der Waals surface area (Å²) in [5.74, 6) is -2.88. The number of phenols is 1. The first-order chi connectivity index (χ1) is 14.5. The molecule has 0 saturated heterocycles. The van der Waals surface area contributed by atoms with E-state index in [4.69, 9.17) is 22.3 Å². The molecule has 172 valence electrons. The molecule has 0 saturated carbocycles. The maximum absolute atomic E-state index is 12.6. The van der Waals surface area contributed by atoms with Crippen molar-refractivity contribution in [3.63, 3.8) is 0 Å². The number of phenolic OH excluding ortho intramolecular Hbond substituents is 1. The van der Waals surface area contributed by atoms with E-state index in [-0.39, 0.29) is 31.1 Å². The number of nitrogens with zero attached hydrogens (tertiary/aromatic N) is 1. The van der Waals surface area contributed by atoms with Crippen LogP contribution in [-0.2, 0) is 20.8 Å². The molecule has 1 rings (SSSR count). The zero-order valence-electron chi connectivity index (χ0n) is 17.2. The minimum Gasteiger partial charge on any atom is -0.508 e. The molecule has 1 aromatic rings. The maximum atomic E-state index is 12.6. The van der Waals surface area contributed by atoms with Gasteiger partial charge in [0.2, 0.25) is 11.8 Å². The van der Waals surface area contributed by atoms with Crippen molar-refractivity contribution in [3.8, 4) is 5.75 Å². The fourth-order valence-electron chi connectivity index (χ4n) is 2.67. The summed E-state index contributed by atoms with van der Waals surface area (Å²) in [7, 11) is 0. The third-order valence-corrected chi connectivity index (χ3v) is 4.35. The predicted octanol–water partition coefficient (Wildman–Crippen LogP) is -2.25. The van der Waals surface area contributed by atoms with Gasteiger partial charge in [0.1, 0.15) is 11.8 Å². The molecule has 0 bridgehead atoms. The lowest BCUT2D eigenvalue weighted by molar-refractivity contribution is -0.145. The Morgan fingerprint density at radius 3 is 2.23 bits per heavy atom. The van der Waals surface area contributed by atoms with Gasteiger partial charge in [0, 0.05) is 6.54 Å². The van der Waals surface area contributed by atoms with Crippen LogP contribution in [0.5, 0.6) is 5.75 Å². The van der Waals surface area contributed by atoms with Crippen LogP contribution in [0.1, 0.15) is 25.3 Å². The Balaban J connectivity index is 2.84. The highest BCUT2D eigenvalue weighted by molar-refractivity contribution is 5.92. The molecule has 0 spiro atoms. The van der Waals surface area contributed by atoms with Crippen LogP contribution in [0.15, 0.2) is 29.3 Å². The standard InChI is InChI=1S/C19H30N6O6/c1-10(26)15(18(30)31)25-17(29)14(3-2-8-23-19(21)22)24-16(28)13(20)9-11-4-6-12(27)7-5-11/h4-7,10,13-15,26-27H,2-3,8-9,20H2,1H3,(H,24,28)(H,25,29)(H,30,31)(H4,21,22,23). The van der Waals surface area contributed by atoms with Crippen LogP contribution < -0.4 is 27.8 Å². The number of guanidine groups is 1. The number of nitrogens with one attached hydrogen (secondary N) is 2. The summed E-state index contributed by atoms with van der Waals surface area (Å²) < 4.78 is 0. The molecular weight excluding hydrogens is 408 g/mol. The second-order valence-electron chi connectivity index (χ2n) is 7.05. The lowest BCUT2D eigenvalue weighted by Crippen LogP contribution is -2.56. The number of carboxylic acids is 1. The summed E-state index contributed by atoms with van der Waals surface area (Å²) in [6.45, 7) is 1.42. The highest BCUT2D eigenvalue weighted by Crippen LogP contribution is 2.11. The second-order valence-corrected chi connectivity index (χ2v) is 7.05. The molecule has 11 N–H and O–H groups in total. The lowest BCUT2D eigenvalue weighted by atomic mass is 10.0. The van der Waals surface area contributed by atoms with Gasteiger partial charge in [-0.3, -0.25) is 14.6 Å². The third kappa shape index (κ3) is 9.31. The number of aliphatic imine (C=N–C) groups is 1. The van der Waals surface area contributed by atoms with E-state index in [1.807, 2.05) is 0 Å². The Morgan fingerprint density at radius 2 is 1.71 bits per heavy atom. The van der Waals surface area contributed by atoms with E-state index in [1.165, 1.54) is 19.1 Å². The van der Waals surface area contributed by atoms with Gasteiger partial charge in [-0.1, -0.05) is 12.1 Å². The monoisotopic (exact) mass is 438 g/mol. The van der Waals surface area contributed by atoms with Crippen LogP contribution in [0.25, 0.3) is 0 Å². The molecule has 0 aliphatic heterocycles. The lowest BCUT2D eigenvalue weighted by Gasteiger charge is -2.24. The van der Waals surface area contributed by atoms with E-state index in [1.54, 1.807) is 12.1 Å². The minimum atomic E-state index is -1.55. The molecule has 0 aromatic heterocycles. The molecule has 4 atom stereocenters. The van der Waals surface area contributed by atoms with Crippen molar-refractivity contribution in [1.29, 1.82) is 0 Å². The van der Waals surface area contributed by atoms with Gasteiger partial charge in [0.15, 0.2) is 12.0 Å². The molecule has 0 heterocycles. The molecule has 1 aromatic carbocycles. The van der Waals surface area contributed by atoms with E-state index >= 15 is 0 Å². The van der Waals surface area contributed by atoms with Gasteiger partial charge in [0.05, 0.1) is 12.1 Å². The average Bonchev–Trinajstić information content (AvgIpc) is 2.68. The summed E-state index contributed by atoms with van der Waals surface area (Å²) in [5.41, 5.74) is 17.2. The Kier molecular flexibility index (Phi) is 10.2. The van der Waals surface area contributed by atoms with E-state index in [0.29, 0.717) is 12.0 Å². The highest BCUT2D eigenvalue weighted by Gasteiger charge is 2.30. The molecule has 12 heteroatoms. The Bertz CT molecular complexity index is 779. The zero-order valence-corrected chi connectivity index (χ0v) is 17.2. The molecule has 0 aliphatic carbocycles. The number of rotatable bonds is 12. The van der Waals surface area contributed by atoms with Gasteiger partial charge in [-0.25, -0.2) is 4.79 Å². The van der Waals surface area contributed by atoms with Crippen LogP contribution in [0, 0.1) is 0 Å². The van der Waals surface area contributed by atoms with E-state index in [2.05, 4.69) is 15.6 Å². The van der Waals surface area contributed by atoms with E-state index in [0.717, 1.165) is 0 Å². The van der Waals surface area contributed by atoms with Gasteiger partial charge in [0.25, 0.3) is 0 Å². The van der Waals surface area contributed by atoms with Gasteiger partial charge in [-0.15, -0.1) is 0 Å². The van der Waals surface area contributed by atoms with Crippen molar-refractivity contribution >= 4 is 23.7 Å². The van der Waals surface area contributed by atoms with Gasteiger partial charge in [-0.2, -0.15) is 0 Å². The van der Waals surface area contributed by atoms with Crippen LogP contribution in [0.4, 0.5) is 0 Å². The van der Waals surface area contributed by atoms with Crippen LogP contribution in [-0.4, -0.2) is 69.8 Å². The first-order valence-corrected chi connectivity index (χ1v) is 9.61. The first-order valence-electron chi connectivity index (χ1n) is 9.61. The normalized spacial score (nSPS) is 14.5. The Morgan fingerprint density at radius 1 is 1.10 bits per heavy atom. The van der Waals surface area contributed by atoms with Crippen LogP contribution in [0.3, 0.4) is 0 Å². The molecule has 2 amide bonds. The molecule has 0 fully saturated rings. The molecule has 0 radical (unpaired) electrons. The van der Waals surface area contributed by atoms with Gasteiger partial charge < -0.3 is 43.2 Å². The number of nitrogens with two attached hydrogens (primary N) is 3. The quantitative estimate of drug-likeness (QED) is 0.1000. The maximum Gasteiger partial charge on any atom is 0.328 e. The number of hydrogen-bond donors (Lipinski definition) is 8. The topological polar surface area (TPSA) is 226 Å². The third-order valence-electron chi connectivity index (χ3n) is 4.35. The average molecular weight is 438 g/mol. The molecule has 4 unspecified atom stereocenters. The van der Waals surface area contributed by atoms with Gasteiger partial charge in [-0.05, 0) is 43.9 Å². The smallest absolute Gasteiger partial charge is 0.328 e. The zero-order chi connectivity index (χ0) is 23.6.